The van der Waals surface area contributed by atoms with Crippen molar-refractivity contribution in [3.05, 3.63) is 52.5 Å². The van der Waals surface area contributed by atoms with Gasteiger partial charge in [0.25, 0.3) is 0 Å². The van der Waals surface area contributed by atoms with Crippen molar-refractivity contribution in [1.29, 1.82) is 0 Å². The van der Waals surface area contributed by atoms with E-state index in [4.69, 9.17) is 9.47 Å². The highest BCUT2D eigenvalue weighted by Gasteiger charge is 2.32. The molecule has 116 valence electrons. The molecule has 2 unspecified atom stereocenters. The summed E-state index contributed by atoms with van der Waals surface area (Å²) in [5, 5.41) is 10.2. The summed E-state index contributed by atoms with van der Waals surface area (Å²) in [4.78, 5) is 0. The second-order valence-corrected chi connectivity index (χ2v) is 5.87. The van der Waals surface area contributed by atoms with E-state index < -0.39 is 0 Å². The number of rotatable bonds is 4. The summed E-state index contributed by atoms with van der Waals surface area (Å²) in [7, 11) is 1.57. The number of ether oxygens (including phenoxy) is 2. The molecule has 0 spiro atoms. The van der Waals surface area contributed by atoms with E-state index in [1.54, 1.807) is 13.2 Å². The molecule has 1 heterocycles. The quantitative estimate of drug-likeness (QED) is 0.778. The van der Waals surface area contributed by atoms with Crippen LogP contribution in [0.3, 0.4) is 0 Å². The van der Waals surface area contributed by atoms with E-state index in [-0.39, 0.29) is 17.9 Å². The highest BCUT2D eigenvalue weighted by Crippen LogP contribution is 2.34. The Hall–Kier alpha value is -1.76. The Labute approximate surface area is 137 Å². The number of phenolic OH excluding ortho intramolecular Hbond substituents is 1. The zero-order valence-corrected chi connectivity index (χ0v) is 13.6. The summed E-state index contributed by atoms with van der Waals surface area (Å²) < 4.78 is 12.1. The van der Waals surface area contributed by atoms with Gasteiger partial charge in [0.05, 0.1) is 17.6 Å². The molecule has 0 amide bonds. The number of aromatic hydroxyl groups is 1. The van der Waals surface area contributed by atoms with Gasteiger partial charge in [-0.15, -0.1) is 0 Å². The predicted octanol–water partition coefficient (Wildman–Crippen LogP) is 2.76. The van der Waals surface area contributed by atoms with Crippen molar-refractivity contribution in [3.8, 4) is 17.2 Å². The number of halogens is 1. The van der Waals surface area contributed by atoms with E-state index >= 15 is 0 Å². The van der Waals surface area contributed by atoms with Gasteiger partial charge < -0.3 is 14.6 Å². The highest BCUT2D eigenvalue weighted by molar-refractivity contribution is 9.10. The second-order valence-electron chi connectivity index (χ2n) is 5.01. The van der Waals surface area contributed by atoms with Crippen LogP contribution in [0.2, 0.25) is 0 Å². The van der Waals surface area contributed by atoms with Crippen LogP contribution in [0.15, 0.2) is 46.9 Å². The summed E-state index contributed by atoms with van der Waals surface area (Å²) >= 11 is 3.48. The van der Waals surface area contributed by atoms with Crippen LogP contribution in [0.5, 0.6) is 17.2 Å². The first-order chi connectivity index (χ1) is 10.7. The molecule has 1 aliphatic rings. The monoisotopic (exact) mass is 364 g/mol. The number of hydrazine groups is 1. The Morgan fingerprint density at radius 3 is 2.77 bits per heavy atom. The van der Waals surface area contributed by atoms with E-state index in [2.05, 4.69) is 26.8 Å². The first kappa shape index (κ1) is 15.1. The van der Waals surface area contributed by atoms with Gasteiger partial charge >= 0.3 is 0 Å². The second kappa shape index (κ2) is 6.56. The molecule has 1 saturated heterocycles. The first-order valence-electron chi connectivity index (χ1n) is 6.95. The Kier molecular flexibility index (Phi) is 4.52. The largest absolute Gasteiger partial charge is 0.507 e. The Morgan fingerprint density at radius 1 is 1.23 bits per heavy atom. The minimum absolute atomic E-state index is 0.141. The van der Waals surface area contributed by atoms with E-state index in [9.17, 15) is 5.11 Å². The average molecular weight is 365 g/mol. The maximum Gasteiger partial charge on any atom is 0.134 e. The van der Waals surface area contributed by atoms with E-state index in [1.165, 1.54) is 0 Å². The molecule has 6 heteroatoms. The number of nitrogens with one attached hydrogen (secondary N) is 2. The third-order valence-corrected chi connectivity index (χ3v) is 4.28. The van der Waals surface area contributed by atoms with Crippen molar-refractivity contribution in [2.45, 2.75) is 12.1 Å². The number of hydrogen-bond acceptors (Lipinski definition) is 5. The lowest BCUT2D eigenvalue weighted by Crippen LogP contribution is -2.28. The topological polar surface area (TPSA) is 62.8 Å². The van der Waals surface area contributed by atoms with Crippen LogP contribution in [-0.2, 0) is 0 Å². The van der Waals surface area contributed by atoms with Crippen LogP contribution in [0.1, 0.15) is 11.6 Å². The number of phenols is 1. The fraction of sp³-hybridized carbons (Fsp3) is 0.250. The minimum atomic E-state index is -0.155. The lowest BCUT2D eigenvalue weighted by Gasteiger charge is -2.22. The summed E-state index contributed by atoms with van der Waals surface area (Å²) in [6.45, 7) is 0.636. The Balaban J connectivity index is 1.83. The van der Waals surface area contributed by atoms with Crippen LogP contribution in [-0.4, -0.2) is 24.9 Å². The molecule has 3 rings (SSSR count). The molecule has 22 heavy (non-hydrogen) atoms. The van der Waals surface area contributed by atoms with Gasteiger partial charge in [0.1, 0.15) is 23.4 Å². The van der Waals surface area contributed by atoms with Crippen LogP contribution >= 0.6 is 15.9 Å². The molecule has 0 saturated carbocycles. The van der Waals surface area contributed by atoms with E-state index in [0.29, 0.717) is 12.3 Å². The maximum absolute atomic E-state index is 10.2. The molecule has 5 nitrogen and oxygen atoms in total. The van der Waals surface area contributed by atoms with Gasteiger partial charge in [0.2, 0.25) is 0 Å². The van der Waals surface area contributed by atoms with Gasteiger partial charge in [-0.2, -0.15) is 0 Å². The molecule has 2 aromatic carbocycles. The zero-order chi connectivity index (χ0) is 15.5. The molecule has 0 aliphatic carbocycles. The van der Waals surface area contributed by atoms with E-state index in [0.717, 1.165) is 15.8 Å². The third-order valence-electron chi connectivity index (χ3n) is 3.62. The zero-order valence-electron chi connectivity index (χ0n) is 12.0. The molecule has 2 atom stereocenters. The lowest BCUT2D eigenvalue weighted by atomic mass is 10.0. The van der Waals surface area contributed by atoms with Crippen LogP contribution in [0.4, 0.5) is 0 Å². The molecule has 0 bridgehead atoms. The summed E-state index contributed by atoms with van der Waals surface area (Å²) in [5.74, 6) is 1.58. The SMILES string of the molecule is COc1ccc(C2NNCC2Oc2ccccc2Br)c(O)c1. The van der Waals surface area contributed by atoms with Crippen molar-refractivity contribution < 1.29 is 14.6 Å². The summed E-state index contributed by atoms with van der Waals surface area (Å²) in [6, 6.07) is 12.8. The first-order valence-corrected chi connectivity index (χ1v) is 7.75. The van der Waals surface area contributed by atoms with Crippen molar-refractivity contribution in [3.63, 3.8) is 0 Å². The van der Waals surface area contributed by atoms with Crippen LogP contribution in [0, 0.1) is 0 Å². The minimum Gasteiger partial charge on any atom is -0.507 e. The number of hydrogen-bond donors (Lipinski definition) is 3. The van der Waals surface area contributed by atoms with Gasteiger partial charge in [-0.1, -0.05) is 12.1 Å². The highest BCUT2D eigenvalue weighted by atomic mass is 79.9. The van der Waals surface area contributed by atoms with Crippen molar-refractivity contribution >= 4 is 15.9 Å². The number of methoxy groups -OCH3 is 1. The fourth-order valence-electron chi connectivity index (χ4n) is 2.48. The van der Waals surface area contributed by atoms with Crippen LogP contribution in [0.25, 0.3) is 0 Å². The summed E-state index contributed by atoms with van der Waals surface area (Å²) in [5.41, 5.74) is 7.00. The normalized spacial score (nSPS) is 20.8. The van der Waals surface area contributed by atoms with Gasteiger partial charge in [0, 0.05) is 18.2 Å². The molecule has 1 fully saturated rings. The van der Waals surface area contributed by atoms with Crippen molar-refractivity contribution in [2.24, 2.45) is 0 Å². The van der Waals surface area contributed by atoms with Crippen LogP contribution < -0.4 is 20.3 Å². The smallest absolute Gasteiger partial charge is 0.134 e. The lowest BCUT2D eigenvalue weighted by molar-refractivity contribution is 0.194. The molecule has 2 aromatic rings. The maximum atomic E-state index is 10.2. The Morgan fingerprint density at radius 2 is 2.05 bits per heavy atom. The van der Waals surface area contributed by atoms with Gasteiger partial charge in [0.15, 0.2) is 0 Å². The molecule has 0 aromatic heterocycles. The van der Waals surface area contributed by atoms with Gasteiger partial charge in [-0.05, 0) is 40.2 Å². The molecule has 1 aliphatic heterocycles. The molecule has 3 N–H and O–H groups in total. The fourth-order valence-corrected chi connectivity index (χ4v) is 2.86. The van der Waals surface area contributed by atoms with Crippen molar-refractivity contribution in [1.82, 2.24) is 10.9 Å². The van der Waals surface area contributed by atoms with E-state index in [1.807, 2.05) is 36.4 Å². The Bertz CT molecular complexity index is 666. The molecular formula is C16H17BrN2O3. The number of benzene rings is 2. The predicted molar refractivity (Wildman–Crippen MR) is 87.1 cm³/mol. The molecule has 0 radical (unpaired) electrons. The standard InChI is InChI=1S/C16H17BrN2O3/c1-21-10-6-7-11(13(20)8-10)16-15(9-18-19-16)22-14-5-3-2-4-12(14)17/h2-8,15-16,18-20H,9H2,1H3. The van der Waals surface area contributed by atoms with Crippen molar-refractivity contribution in [2.75, 3.05) is 13.7 Å². The average Bonchev–Trinajstić information content (AvgIpc) is 2.97. The third kappa shape index (κ3) is 3.04. The van der Waals surface area contributed by atoms with Gasteiger partial charge in [-0.3, -0.25) is 5.43 Å². The summed E-state index contributed by atoms with van der Waals surface area (Å²) in [6.07, 6.45) is -0.141. The van der Waals surface area contributed by atoms with Gasteiger partial charge in [-0.25, -0.2) is 5.43 Å². The number of para-hydroxylation sites is 1. The molecular weight excluding hydrogens is 348 g/mol.